The highest BCUT2D eigenvalue weighted by Gasteiger charge is 2.51. The summed E-state index contributed by atoms with van der Waals surface area (Å²) in [6.45, 7) is 22.7. The van der Waals surface area contributed by atoms with E-state index in [4.69, 9.17) is 38.1 Å². The zero-order valence-corrected chi connectivity index (χ0v) is 46.1. The molecule has 18 nitrogen and oxygen atoms in total. The first-order valence-electron chi connectivity index (χ1n) is 28.3. The van der Waals surface area contributed by atoms with E-state index in [9.17, 15) is 9.59 Å². The number of oxazole rings is 1. The number of aromatic nitrogens is 3. The van der Waals surface area contributed by atoms with Gasteiger partial charge in [0.1, 0.15) is 30.1 Å². The van der Waals surface area contributed by atoms with Gasteiger partial charge in [-0.05, 0) is 94.9 Å². The summed E-state index contributed by atoms with van der Waals surface area (Å²) < 4.78 is 40.1. The number of nitrogens with zero attached hydrogens (tertiary/aromatic N) is 7. The number of pyridine rings is 1. The molecule has 5 aliphatic heterocycles. The molecule has 8 atom stereocenters. The number of carbonyl (C=O) groups is 3. The molecule has 0 spiro atoms. The van der Waals surface area contributed by atoms with Crippen LogP contribution in [0.5, 0.6) is 0 Å². The molecule has 2 amide bonds. The number of ether oxygens (including phenoxy) is 5. The average Bonchev–Trinajstić information content (AvgIpc) is 4.34. The van der Waals surface area contributed by atoms with Gasteiger partial charge < -0.3 is 42.9 Å². The minimum absolute atomic E-state index is 0.0607. The Morgan fingerprint density at radius 1 is 0.947 bits per heavy atom. The topological polar surface area (TPSA) is 178 Å². The van der Waals surface area contributed by atoms with Crippen LogP contribution in [0, 0.1) is 23.2 Å². The molecule has 3 aromatic heterocycles. The Balaban J connectivity index is 1.06. The number of esters is 1. The zero-order valence-electron chi connectivity index (χ0n) is 46.1. The van der Waals surface area contributed by atoms with Crippen molar-refractivity contribution in [3.8, 4) is 22.5 Å². The van der Waals surface area contributed by atoms with E-state index in [0.717, 1.165) is 89.7 Å². The van der Waals surface area contributed by atoms with E-state index in [-0.39, 0.29) is 54.0 Å². The first-order valence-corrected chi connectivity index (χ1v) is 28.3. The van der Waals surface area contributed by atoms with Crippen LogP contribution >= 0.6 is 0 Å². The molecular weight excluding hydrogens is 967 g/mol. The summed E-state index contributed by atoms with van der Waals surface area (Å²) in [6, 6.07) is 6.87. The Bertz CT molecular complexity index is 2750. The fourth-order valence-electron chi connectivity index (χ4n) is 12.7. The summed E-state index contributed by atoms with van der Waals surface area (Å²) in [5.74, 6) is -0.509. The highest BCUT2D eigenvalue weighted by atomic mass is 16.5. The first kappa shape index (κ1) is 53.1. The number of morpholine rings is 1. The summed E-state index contributed by atoms with van der Waals surface area (Å²) in [5, 5.41) is 5.73. The van der Waals surface area contributed by atoms with Crippen molar-refractivity contribution in [2.24, 2.45) is 23.2 Å². The van der Waals surface area contributed by atoms with E-state index in [1.807, 2.05) is 6.20 Å². The molecule has 4 aromatic rings. The summed E-state index contributed by atoms with van der Waals surface area (Å²) in [7, 11) is 1.74. The summed E-state index contributed by atoms with van der Waals surface area (Å²) >= 11 is 0. The van der Waals surface area contributed by atoms with Gasteiger partial charge in [0.25, 0.3) is 5.91 Å². The maximum atomic E-state index is 15.1. The van der Waals surface area contributed by atoms with Crippen LogP contribution in [0.15, 0.2) is 41.1 Å². The average molecular weight is 1050 g/mol. The fraction of sp³-hybridized carbons (Fsp3) is 0.672. The van der Waals surface area contributed by atoms with Crippen LogP contribution < -0.4 is 15.6 Å². The maximum Gasteiger partial charge on any atom is 0.324 e. The summed E-state index contributed by atoms with van der Waals surface area (Å²) in [5.41, 5.74) is 9.89. The molecule has 11 rings (SSSR count). The number of fused-ring (bicyclic) bond motifs is 6. The van der Waals surface area contributed by atoms with Crippen LogP contribution in [-0.4, -0.2) is 163 Å². The molecule has 4 saturated heterocycles. The van der Waals surface area contributed by atoms with Crippen LogP contribution in [0.1, 0.15) is 116 Å². The number of nitrogens with one attached hydrogen (secondary N) is 2. The van der Waals surface area contributed by atoms with Gasteiger partial charge in [0, 0.05) is 112 Å². The van der Waals surface area contributed by atoms with E-state index in [1.54, 1.807) is 13.4 Å². The quantitative estimate of drug-likeness (QED) is 0.143. The van der Waals surface area contributed by atoms with Gasteiger partial charge in [0.05, 0.1) is 67.5 Å². The lowest BCUT2D eigenvalue weighted by Gasteiger charge is -2.40. The largest absolute Gasteiger partial charge is 0.464 e. The van der Waals surface area contributed by atoms with Crippen molar-refractivity contribution in [2.75, 3.05) is 90.9 Å². The fourth-order valence-corrected chi connectivity index (χ4v) is 12.7. The van der Waals surface area contributed by atoms with Crippen molar-refractivity contribution in [1.82, 2.24) is 40.1 Å². The third kappa shape index (κ3) is 11.1. The van der Waals surface area contributed by atoms with Gasteiger partial charge in [0.2, 0.25) is 11.8 Å². The predicted molar refractivity (Wildman–Crippen MR) is 287 cm³/mol. The van der Waals surface area contributed by atoms with E-state index < -0.39 is 29.5 Å². The molecule has 76 heavy (non-hydrogen) atoms. The van der Waals surface area contributed by atoms with Gasteiger partial charge in [0.15, 0.2) is 0 Å². The molecule has 1 unspecified atom stereocenters. The normalized spacial score (nSPS) is 29.0. The van der Waals surface area contributed by atoms with Gasteiger partial charge in [-0.1, -0.05) is 33.8 Å². The lowest BCUT2D eigenvalue weighted by molar-refractivity contribution is -0.156. The third-order valence-electron chi connectivity index (χ3n) is 17.6. The Labute approximate surface area is 447 Å². The number of methoxy groups -OCH3 is 1. The number of anilines is 1. The highest BCUT2D eigenvalue weighted by Crippen LogP contribution is 2.47. The summed E-state index contributed by atoms with van der Waals surface area (Å²) in [6.07, 6.45) is 9.24. The van der Waals surface area contributed by atoms with Gasteiger partial charge in [-0.2, -0.15) is 0 Å². The smallest absolute Gasteiger partial charge is 0.324 e. The monoisotopic (exact) mass is 1050 g/mol. The van der Waals surface area contributed by atoms with Crippen LogP contribution in [0.2, 0.25) is 0 Å². The second-order valence-corrected chi connectivity index (χ2v) is 24.2. The molecular formula is C58H81N9O9. The van der Waals surface area contributed by atoms with Crippen LogP contribution in [0.3, 0.4) is 0 Å². The third-order valence-corrected chi connectivity index (χ3v) is 17.6. The molecule has 6 bridgehead atoms. The molecule has 2 saturated carbocycles. The molecule has 1 aromatic carbocycles. The zero-order chi connectivity index (χ0) is 53.0. The number of hydrogen-bond acceptors (Lipinski definition) is 15. The van der Waals surface area contributed by atoms with Gasteiger partial charge in [-0.25, -0.2) is 10.4 Å². The Hall–Kier alpha value is -4.95. The number of carbonyl (C=O) groups excluding carboxylic acids is 3. The predicted octanol–water partition coefficient (Wildman–Crippen LogP) is 6.71. The number of hydrazine groups is 1. The van der Waals surface area contributed by atoms with Gasteiger partial charge >= 0.3 is 5.97 Å². The molecule has 8 heterocycles. The van der Waals surface area contributed by atoms with Crippen molar-refractivity contribution in [2.45, 2.75) is 142 Å². The number of cyclic esters (lactones) is 1. The minimum Gasteiger partial charge on any atom is -0.464 e. The second-order valence-electron chi connectivity index (χ2n) is 24.2. The Kier molecular flexibility index (Phi) is 15.2. The second kappa shape index (κ2) is 21.7. The molecule has 412 valence electrons. The van der Waals surface area contributed by atoms with Crippen LogP contribution in [0.25, 0.3) is 33.4 Å². The minimum atomic E-state index is -1.09. The molecule has 6 fully saturated rings. The lowest BCUT2D eigenvalue weighted by atomic mass is 9.84. The molecule has 0 radical (unpaired) electrons. The standard InChI is InChI=1S/C58H81N9O9/c1-35-36(2)48(35)53(68)61-50-52(65-21-25-72-26-22-65)54-60-46(33-74-54)38-11-14-47-42(28-38)44(31-57(4,5)34-75-56(70)45-10-9-16-67(62-45)55(50)69)51(66(47)23-27-73-41-15-24-76-58(6,7)30-41)43-29-40(32-59-49(43)37(3)71-8)64-19-17-63(18-20-64)39-12-13-39/h11,14,28-29,32-33,35-37,39,41,45,48,50,52,62H,9-10,12-13,15-27,30-31,34H2,1-8H3,(H,61,68)/t35-,36+,37-,41-,45-,48?,50-,52-/m0/s1. The Morgan fingerprint density at radius 2 is 1.72 bits per heavy atom. The SMILES string of the molecule is CO[C@@H](C)c1ncc(N2CCN(C3CC3)CC2)cc1-c1c2c3cc(ccc3n1CCO[C@H]1CCOC(C)(C)C1)-c1coc(n1)[C@@H](N1CCOCC1)[C@H](NC(=O)C1[C@@H](C)[C@H]1C)C(=O)N1CCC[C@H](N1)C(=O)OCC(C)(C)C2. The van der Waals surface area contributed by atoms with Crippen molar-refractivity contribution >= 4 is 34.4 Å². The first-order chi connectivity index (χ1) is 36.6. The number of hydrogen-bond donors (Lipinski definition) is 2. The van der Waals surface area contributed by atoms with E-state index >= 15 is 4.79 Å². The van der Waals surface area contributed by atoms with Crippen molar-refractivity contribution in [3.63, 3.8) is 0 Å². The Morgan fingerprint density at radius 3 is 2.45 bits per heavy atom. The lowest BCUT2D eigenvalue weighted by Crippen LogP contribution is -2.63. The molecule has 7 aliphatic rings. The number of benzene rings is 1. The van der Waals surface area contributed by atoms with Crippen LogP contribution in [0.4, 0.5) is 5.69 Å². The van der Waals surface area contributed by atoms with E-state index in [2.05, 4.69) is 103 Å². The van der Waals surface area contributed by atoms with Crippen LogP contribution in [-0.2, 0) is 51.0 Å². The van der Waals surface area contributed by atoms with E-state index in [0.29, 0.717) is 83.5 Å². The van der Waals surface area contributed by atoms with Crippen molar-refractivity contribution < 1.29 is 42.5 Å². The molecule has 18 heteroatoms. The highest BCUT2D eigenvalue weighted by molar-refractivity contribution is 5.96. The molecule has 2 aliphatic carbocycles. The van der Waals surface area contributed by atoms with Crippen molar-refractivity contribution in [1.29, 1.82) is 0 Å². The number of rotatable bonds is 12. The van der Waals surface area contributed by atoms with Gasteiger partial charge in [-0.3, -0.25) is 34.2 Å². The number of amides is 2. The van der Waals surface area contributed by atoms with Gasteiger partial charge in [-0.15, -0.1) is 0 Å². The maximum absolute atomic E-state index is 15.1. The van der Waals surface area contributed by atoms with E-state index in [1.165, 1.54) is 17.9 Å². The number of piperazine rings is 1. The molecule has 2 N–H and O–H groups in total. The van der Waals surface area contributed by atoms with Crippen molar-refractivity contribution in [3.05, 3.63) is 53.9 Å². The summed E-state index contributed by atoms with van der Waals surface area (Å²) in [4.78, 5) is 61.4.